The SMILES string of the molecule is Cc1cccc(C)c1N(CC(=O)N(Cc1ccc(F)cc1)[C@H](Cc1ccccc1)C(=O)NCC(C)C)S(C)(=O)=O. The summed E-state index contributed by atoms with van der Waals surface area (Å²) in [5, 5.41) is 2.94. The van der Waals surface area contributed by atoms with E-state index in [-0.39, 0.29) is 24.8 Å². The largest absolute Gasteiger partial charge is 0.354 e. The number of anilines is 1. The Bertz CT molecular complexity index is 1390. The van der Waals surface area contributed by atoms with Crippen LogP contribution in [0.3, 0.4) is 0 Å². The second-order valence-electron chi connectivity index (χ2n) is 10.5. The van der Waals surface area contributed by atoms with Crippen LogP contribution in [-0.2, 0) is 32.6 Å². The summed E-state index contributed by atoms with van der Waals surface area (Å²) in [7, 11) is -3.86. The molecule has 7 nitrogen and oxygen atoms in total. The summed E-state index contributed by atoms with van der Waals surface area (Å²) < 4.78 is 40.8. The number of rotatable bonds is 12. The minimum atomic E-state index is -3.86. The lowest BCUT2D eigenvalue weighted by Gasteiger charge is -2.34. The van der Waals surface area contributed by atoms with E-state index in [2.05, 4.69) is 5.32 Å². The van der Waals surface area contributed by atoms with Crippen molar-refractivity contribution in [1.82, 2.24) is 10.2 Å². The Hall–Kier alpha value is -3.72. The van der Waals surface area contributed by atoms with Crippen molar-refractivity contribution in [2.75, 3.05) is 23.7 Å². The molecule has 0 radical (unpaired) electrons. The van der Waals surface area contributed by atoms with Gasteiger partial charge >= 0.3 is 0 Å². The molecule has 0 fully saturated rings. The third-order valence-electron chi connectivity index (χ3n) is 6.59. The number of hydrogen-bond acceptors (Lipinski definition) is 4. The lowest BCUT2D eigenvalue weighted by Crippen LogP contribution is -2.53. The van der Waals surface area contributed by atoms with Crippen molar-refractivity contribution in [3.8, 4) is 0 Å². The summed E-state index contributed by atoms with van der Waals surface area (Å²) in [5.74, 6) is -1.12. The van der Waals surface area contributed by atoms with Crippen molar-refractivity contribution in [3.05, 3.63) is 101 Å². The molecule has 9 heteroatoms. The van der Waals surface area contributed by atoms with Crippen LogP contribution in [0.25, 0.3) is 0 Å². The standard InChI is InChI=1S/C31H38FN3O4S/c1-22(2)19-33-31(37)28(18-25-12-7-6-8-13-25)34(20-26-14-16-27(32)17-15-26)29(36)21-35(40(5,38)39)30-23(3)10-9-11-24(30)4/h6-17,22,28H,18-21H2,1-5H3,(H,33,37)/t28-/m1/s1. The normalized spacial score (nSPS) is 12.2. The molecule has 1 N–H and O–H groups in total. The van der Waals surface area contributed by atoms with Gasteiger partial charge in [0.05, 0.1) is 11.9 Å². The molecule has 2 amide bonds. The maximum atomic E-state index is 14.1. The molecule has 1 atom stereocenters. The fraction of sp³-hybridized carbons (Fsp3) is 0.355. The zero-order valence-corrected chi connectivity index (χ0v) is 24.5. The van der Waals surface area contributed by atoms with E-state index in [0.717, 1.165) is 16.1 Å². The molecule has 0 saturated heterocycles. The van der Waals surface area contributed by atoms with E-state index in [4.69, 9.17) is 0 Å². The highest BCUT2D eigenvalue weighted by atomic mass is 32.2. The number of para-hydroxylation sites is 1. The van der Waals surface area contributed by atoms with E-state index in [0.29, 0.717) is 28.9 Å². The predicted octanol–water partition coefficient (Wildman–Crippen LogP) is 4.62. The molecule has 3 aromatic carbocycles. The third kappa shape index (κ3) is 8.39. The lowest BCUT2D eigenvalue weighted by atomic mass is 10.0. The molecule has 0 aliphatic rings. The number of halogens is 1. The van der Waals surface area contributed by atoms with Gasteiger partial charge in [-0.3, -0.25) is 13.9 Å². The van der Waals surface area contributed by atoms with Crippen molar-refractivity contribution in [1.29, 1.82) is 0 Å². The van der Waals surface area contributed by atoms with Gasteiger partial charge in [0.25, 0.3) is 0 Å². The summed E-state index contributed by atoms with van der Waals surface area (Å²) in [4.78, 5) is 29.1. The average molecular weight is 568 g/mol. The molecule has 3 aromatic rings. The van der Waals surface area contributed by atoms with Crippen molar-refractivity contribution >= 4 is 27.5 Å². The van der Waals surface area contributed by atoms with Crippen LogP contribution in [0.15, 0.2) is 72.8 Å². The predicted molar refractivity (Wildman–Crippen MR) is 157 cm³/mol. The molecule has 214 valence electrons. The molecule has 0 unspecified atom stereocenters. The smallest absolute Gasteiger partial charge is 0.244 e. The number of nitrogens with zero attached hydrogens (tertiary/aromatic N) is 2. The molecule has 0 heterocycles. The number of nitrogens with one attached hydrogen (secondary N) is 1. The van der Waals surface area contributed by atoms with E-state index in [9.17, 15) is 22.4 Å². The van der Waals surface area contributed by atoms with Crippen LogP contribution in [0.5, 0.6) is 0 Å². The van der Waals surface area contributed by atoms with E-state index in [1.54, 1.807) is 38.1 Å². The highest BCUT2D eigenvalue weighted by Gasteiger charge is 2.33. The van der Waals surface area contributed by atoms with Gasteiger partial charge in [0, 0.05) is 19.5 Å². The van der Waals surface area contributed by atoms with E-state index in [1.807, 2.05) is 50.2 Å². The lowest BCUT2D eigenvalue weighted by molar-refractivity contribution is -0.140. The first-order valence-corrected chi connectivity index (χ1v) is 15.1. The van der Waals surface area contributed by atoms with Gasteiger partial charge in [-0.1, -0.05) is 74.5 Å². The van der Waals surface area contributed by atoms with Gasteiger partial charge in [-0.25, -0.2) is 12.8 Å². The average Bonchev–Trinajstić information content (AvgIpc) is 2.89. The minimum Gasteiger partial charge on any atom is -0.354 e. The molecule has 0 saturated carbocycles. The van der Waals surface area contributed by atoms with E-state index >= 15 is 0 Å². The third-order valence-corrected chi connectivity index (χ3v) is 7.70. The van der Waals surface area contributed by atoms with Gasteiger partial charge in [-0.15, -0.1) is 0 Å². The summed E-state index contributed by atoms with van der Waals surface area (Å²) in [6, 6.07) is 19.5. The van der Waals surface area contributed by atoms with E-state index < -0.39 is 34.3 Å². The number of hydrogen-bond donors (Lipinski definition) is 1. The molecule has 0 aliphatic carbocycles. The molecular formula is C31H38FN3O4S. The van der Waals surface area contributed by atoms with Crippen LogP contribution in [0.2, 0.25) is 0 Å². The highest BCUT2D eigenvalue weighted by molar-refractivity contribution is 7.92. The number of carbonyl (C=O) groups is 2. The van der Waals surface area contributed by atoms with Crippen molar-refractivity contribution in [2.45, 2.75) is 46.7 Å². The Labute approximate surface area is 237 Å². The Kier molecular flexibility index (Phi) is 10.5. The van der Waals surface area contributed by atoms with Crippen LogP contribution < -0.4 is 9.62 Å². The Balaban J connectivity index is 2.07. The van der Waals surface area contributed by atoms with Crippen LogP contribution >= 0.6 is 0 Å². The molecule has 0 aliphatic heterocycles. The van der Waals surface area contributed by atoms with Crippen LogP contribution in [0.1, 0.15) is 36.1 Å². The summed E-state index contributed by atoms with van der Waals surface area (Å²) in [6.07, 6.45) is 1.28. The van der Waals surface area contributed by atoms with Crippen molar-refractivity contribution in [3.63, 3.8) is 0 Å². The quantitative estimate of drug-likeness (QED) is 0.346. The second kappa shape index (κ2) is 13.6. The molecule has 0 spiro atoms. The Morgan fingerprint density at radius 2 is 1.48 bits per heavy atom. The van der Waals surface area contributed by atoms with Gasteiger partial charge in [-0.05, 0) is 54.2 Å². The maximum Gasteiger partial charge on any atom is 0.244 e. The van der Waals surface area contributed by atoms with Crippen LogP contribution in [0.4, 0.5) is 10.1 Å². The monoisotopic (exact) mass is 567 g/mol. The number of carbonyl (C=O) groups excluding carboxylic acids is 2. The topological polar surface area (TPSA) is 86.8 Å². The first-order valence-electron chi connectivity index (χ1n) is 13.3. The molecule has 3 rings (SSSR count). The van der Waals surface area contributed by atoms with Crippen LogP contribution in [-0.4, -0.2) is 50.5 Å². The van der Waals surface area contributed by atoms with Crippen molar-refractivity contribution < 1.29 is 22.4 Å². The number of sulfonamides is 1. The second-order valence-corrected chi connectivity index (χ2v) is 12.4. The molecule has 40 heavy (non-hydrogen) atoms. The van der Waals surface area contributed by atoms with E-state index in [1.165, 1.54) is 17.0 Å². The first-order chi connectivity index (χ1) is 18.9. The zero-order chi connectivity index (χ0) is 29.4. The van der Waals surface area contributed by atoms with Crippen molar-refractivity contribution in [2.24, 2.45) is 5.92 Å². The molecule has 0 bridgehead atoms. The van der Waals surface area contributed by atoms with Gasteiger partial charge in [0.2, 0.25) is 21.8 Å². The summed E-state index contributed by atoms with van der Waals surface area (Å²) in [5.41, 5.74) is 3.31. The maximum absolute atomic E-state index is 14.1. The first kappa shape index (κ1) is 30.8. The zero-order valence-electron chi connectivity index (χ0n) is 23.7. The number of amides is 2. The fourth-order valence-electron chi connectivity index (χ4n) is 4.54. The highest BCUT2D eigenvalue weighted by Crippen LogP contribution is 2.27. The van der Waals surface area contributed by atoms with Gasteiger partial charge in [0.1, 0.15) is 18.4 Å². The number of aryl methyl sites for hydroxylation is 2. The Morgan fingerprint density at radius 1 is 0.875 bits per heavy atom. The van der Waals surface area contributed by atoms with Gasteiger partial charge < -0.3 is 10.2 Å². The fourth-order valence-corrected chi connectivity index (χ4v) is 5.50. The van der Waals surface area contributed by atoms with Gasteiger partial charge in [-0.2, -0.15) is 0 Å². The minimum absolute atomic E-state index is 0.00390. The number of benzene rings is 3. The van der Waals surface area contributed by atoms with Gasteiger partial charge in [0.15, 0.2) is 0 Å². The van der Waals surface area contributed by atoms with Crippen LogP contribution in [0, 0.1) is 25.6 Å². The summed E-state index contributed by atoms with van der Waals surface area (Å²) in [6.45, 7) is 7.45. The molecule has 0 aromatic heterocycles. The Morgan fingerprint density at radius 3 is 2.02 bits per heavy atom. The molecular weight excluding hydrogens is 529 g/mol. The summed E-state index contributed by atoms with van der Waals surface area (Å²) >= 11 is 0.